The van der Waals surface area contributed by atoms with E-state index in [-0.39, 0.29) is 12.3 Å². The molecule has 0 aliphatic carbocycles. The van der Waals surface area contributed by atoms with Crippen molar-refractivity contribution >= 4 is 29.1 Å². The van der Waals surface area contributed by atoms with Crippen LogP contribution in [0.3, 0.4) is 0 Å². The van der Waals surface area contributed by atoms with E-state index in [4.69, 9.17) is 23.2 Å². The molecule has 0 saturated carbocycles. The Balaban J connectivity index is 1.75. The van der Waals surface area contributed by atoms with E-state index >= 15 is 0 Å². The van der Waals surface area contributed by atoms with Crippen LogP contribution in [0.5, 0.6) is 0 Å². The maximum Gasteiger partial charge on any atom is 0.222 e. The second kappa shape index (κ2) is 8.13. The summed E-state index contributed by atoms with van der Waals surface area (Å²) in [5.74, 6) is -0.204. The van der Waals surface area contributed by atoms with Crippen LogP contribution in [0, 0.1) is 0 Å². The number of nitrogens with zero attached hydrogens (tertiary/aromatic N) is 1. The second-order valence-electron chi connectivity index (χ2n) is 4.86. The molecule has 2 aromatic rings. The zero-order valence-electron chi connectivity index (χ0n) is 11.8. The number of pyridine rings is 1. The van der Waals surface area contributed by atoms with Gasteiger partial charge < -0.3 is 10.4 Å². The number of carbonyl (C=O) groups is 1. The Labute approximate surface area is 139 Å². The van der Waals surface area contributed by atoms with Crippen LogP contribution in [0.4, 0.5) is 0 Å². The number of rotatable bonds is 6. The normalized spacial score (nSPS) is 12.0. The highest BCUT2D eigenvalue weighted by atomic mass is 35.5. The molecular formula is C16H16Cl2N2O2. The number of halogens is 2. The first-order chi connectivity index (χ1) is 10.5. The monoisotopic (exact) mass is 338 g/mol. The van der Waals surface area contributed by atoms with Crippen LogP contribution in [0.2, 0.25) is 10.2 Å². The van der Waals surface area contributed by atoms with Gasteiger partial charge in [-0.3, -0.25) is 4.79 Å². The van der Waals surface area contributed by atoms with Gasteiger partial charge in [-0.15, -0.1) is 0 Å². The van der Waals surface area contributed by atoms with Crippen molar-refractivity contribution < 1.29 is 9.90 Å². The fourth-order valence-electron chi connectivity index (χ4n) is 1.95. The van der Waals surface area contributed by atoms with Gasteiger partial charge in [-0.1, -0.05) is 41.4 Å². The van der Waals surface area contributed by atoms with E-state index in [0.29, 0.717) is 28.7 Å². The minimum atomic E-state index is -0.838. The maximum atomic E-state index is 11.8. The predicted octanol–water partition coefficient (Wildman–Crippen LogP) is 3.17. The summed E-state index contributed by atoms with van der Waals surface area (Å²) in [6, 6.07) is 10.4. The lowest BCUT2D eigenvalue weighted by atomic mass is 10.1. The number of aromatic nitrogens is 1. The zero-order valence-corrected chi connectivity index (χ0v) is 13.3. The van der Waals surface area contributed by atoms with E-state index in [9.17, 15) is 9.90 Å². The largest absolute Gasteiger partial charge is 0.388 e. The van der Waals surface area contributed by atoms with Crippen molar-refractivity contribution in [3.05, 3.63) is 63.9 Å². The molecule has 2 N–H and O–H groups in total. The highest BCUT2D eigenvalue weighted by Crippen LogP contribution is 2.18. The standard InChI is InChI=1S/C16H16Cl2N2O2/c17-13-4-2-12(3-5-13)14(21)9-16(22)19-8-7-11-1-6-15(18)20-10-11/h1-6,10,14,21H,7-9H2,(H,19,22). The number of aliphatic hydroxyl groups is 1. The van der Waals surface area contributed by atoms with Gasteiger partial charge in [0.15, 0.2) is 0 Å². The molecule has 1 unspecified atom stereocenters. The van der Waals surface area contributed by atoms with E-state index in [1.165, 1.54) is 0 Å². The molecule has 6 heteroatoms. The average Bonchev–Trinajstić information content (AvgIpc) is 2.50. The quantitative estimate of drug-likeness (QED) is 0.795. The van der Waals surface area contributed by atoms with Gasteiger partial charge in [0.1, 0.15) is 5.15 Å². The summed E-state index contributed by atoms with van der Waals surface area (Å²) in [4.78, 5) is 15.8. The molecule has 4 nitrogen and oxygen atoms in total. The first-order valence-electron chi connectivity index (χ1n) is 6.85. The van der Waals surface area contributed by atoms with Crippen molar-refractivity contribution in [3.8, 4) is 0 Å². The van der Waals surface area contributed by atoms with E-state index in [2.05, 4.69) is 10.3 Å². The Kier molecular flexibility index (Phi) is 6.19. The van der Waals surface area contributed by atoms with E-state index < -0.39 is 6.10 Å². The molecule has 1 heterocycles. The predicted molar refractivity (Wildman–Crippen MR) is 87.0 cm³/mol. The average molecular weight is 339 g/mol. The first kappa shape index (κ1) is 16.7. The van der Waals surface area contributed by atoms with Gasteiger partial charge in [-0.2, -0.15) is 0 Å². The summed E-state index contributed by atoms with van der Waals surface area (Å²) in [6.45, 7) is 0.482. The summed E-state index contributed by atoms with van der Waals surface area (Å²) >= 11 is 11.5. The van der Waals surface area contributed by atoms with Crippen LogP contribution in [0.1, 0.15) is 23.7 Å². The number of nitrogens with one attached hydrogen (secondary N) is 1. The van der Waals surface area contributed by atoms with Crippen LogP contribution in [0.15, 0.2) is 42.6 Å². The molecule has 0 radical (unpaired) electrons. The molecule has 1 aromatic carbocycles. The SMILES string of the molecule is O=C(CC(O)c1ccc(Cl)cc1)NCCc1ccc(Cl)nc1. The van der Waals surface area contributed by atoms with Gasteiger partial charge in [-0.05, 0) is 35.7 Å². The molecule has 0 saturated heterocycles. The highest BCUT2D eigenvalue weighted by Gasteiger charge is 2.12. The van der Waals surface area contributed by atoms with Crippen molar-refractivity contribution in [2.75, 3.05) is 6.54 Å². The van der Waals surface area contributed by atoms with Gasteiger partial charge in [-0.25, -0.2) is 4.98 Å². The number of hydrogen-bond acceptors (Lipinski definition) is 3. The molecule has 2 rings (SSSR count). The van der Waals surface area contributed by atoms with Crippen molar-refractivity contribution in [2.45, 2.75) is 18.9 Å². The van der Waals surface area contributed by atoms with Crippen molar-refractivity contribution in [1.82, 2.24) is 10.3 Å². The third kappa shape index (κ3) is 5.30. The van der Waals surface area contributed by atoms with E-state index in [1.807, 2.05) is 6.07 Å². The molecule has 1 amide bonds. The third-order valence-corrected chi connectivity index (χ3v) is 3.63. The Bertz CT molecular complexity index is 615. The third-order valence-electron chi connectivity index (χ3n) is 3.16. The summed E-state index contributed by atoms with van der Waals surface area (Å²) in [5, 5.41) is 13.8. The summed E-state index contributed by atoms with van der Waals surface area (Å²) in [7, 11) is 0. The summed E-state index contributed by atoms with van der Waals surface area (Å²) in [5.41, 5.74) is 1.66. The van der Waals surface area contributed by atoms with Crippen molar-refractivity contribution in [1.29, 1.82) is 0 Å². The maximum absolute atomic E-state index is 11.8. The molecule has 22 heavy (non-hydrogen) atoms. The smallest absolute Gasteiger partial charge is 0.222 e. The topological polar surface area (TPSA) is 62.2 Å². The van der Waals surface area contributed by atoms with Gasteiger partial charge in [0, 0.05) is 17.8 Å². The highest BCUT2D eigenvalue weighted by molar-refractivity contribution is 6.30. The molecule has 0 bridgehead atoms. The minimum Gasteiger partial charge on any atom is -0.388 e. The minimum absolute atomic E-state index is 0.0144. The molecule has 116 valence electrons. The van der Waals surface area contributed by atoms with Crippen molar-refractivity contribution in [3.63, 3.8) is 0 Å². The fourth-order valence-corrected chi connectivity index (χ4v) is 2.19. The molecule has 0 aliphatic rings. The lowest BCUT2D eigenvalue weighted by molar-refractivity contribution is -0.123. The molecule has 0 spiro atoms. The molecular weight excluding hydrogens is 323 g/mol. The Hall–Kier alpha value is -1.62. The Morgan fingerprint density at radius 3 is 2.55 bits per heavy atom. The number of hydrogen-bond donors (Lipinski definition) is 2. The van der Waals surface area contributed by atoms with Crippen LogP contribution in [-0.2, 0) is 11.2 Å². The van der Waals surface area contributed by atoms with E-state index in [1.54, 1.807) is 36.5 Å². The molecule has 0 fully saturated rings. The number of aliphatic hydroxyl groups excluding tert-OH is 1. The van der Waals surface area contributed by atoms with Crippen LogP contribution in [0.25, 0.3) is 0 Å². The number of carbonyl (C=O) groups excluding carboxylic acids is 1. The van der Waals surface area contributed by atoms with Crippen LogP contribution >= 0.6 is 23.2 Å². The lowest BCUT2D eigenvalue weighted by Crippen LogP contribution is -2.27. The summed E-state index contributed by atoms with van der Waals surface area (Å²) < 4.78 is 0. The second-order valence-corrected chi connectivity index (χ2v) is 5.68. The van der Waals surface area contributed by atoms with Gasteiger partial charge in [0.05, 0.1) is 12.5 Å². The number of amides is 1. The lowest BCUT2D eigenvalue weighted by Gasteiger charge is -2.11. The van der Waals surface area contributed by atoms with Crippen molar-refractivity contribution in [2.24, 2.45) is 0 Å². The zero-order chi connectivity index (χ0) is 15.9. The van der Waals surface area contributed by atoms with Crippen LogP contribution in [-0.4, -0.2) is 22.5 Å². The van der Waals surface area contributed by atoms with Gasteiger partial charge in [0.2, 0.25) is 5.91 Å². The van der Waals surface area contributed by atoms with E-state index in [0.717, 1.165) is 5.56 Å². The van der Waals surface area contributed by atoms with Gasteiger partial charge >= 0.3 is 0 Å². The molecule has 1 aromatic heterocycles. The fraction of sp³-hybridized carbons (Fsp3) is 0.250. The van der Waals surface area contributed by atoms with Gasteiger partial charge in [0.25, 0.3) is 0 Å². The number of benzene rings is 1. The Morgan fingerprint density at radius 2 is 1.91 bits per heavy atom. The Morgan fingerprint density at radius 1 is 1.18 bits per heavy atom. The molecule has 1 atom stereocenters. The summed E-state index contributed by atoms with van der Waals surface area (Å²) in [6.07, 6.45) is 1.51. The van der Waals surface area contributed by atoms with Crippen LogP contribution < -0.4 is 5.32 Å². The molecule has 0 aliphatic heterocycles. The first-order valence-corrected chi connectivity index (χ1v) is 7.61.